The lowest BCUT2D eigenvalue weighted by molar-refractivity contribution is 0.462. The van der Waals surface area contributed by atoms with E-state index in [9.17, 15) is 13.0 Å². The van der Waals surface area contributed by atoms with E-state index in [4.69, 9.17) is 34.8 Å². The van der Waals surface area contributed by atoms with Crippen molar-refractivity contribution in [3.63, 3.8) is 0 Å². The predicted molar refractivity (Wildman–Crippen MR) is 136 cm³/mol. The van der Waals surface area contributed by atoms with Crippen molar-refractivity contribution >= 4 is 55.8 Å². The van der Waals surface area contributed by atoms with Crippen LogP contribution in [0.5, 0.6) is 0 Å². The molecule has 4 aromatic rings. The average Bonchev–Trinajstić information content (AvgIpc) is 2.77. The molecule has 0 aliphatic rings. The highest BCUT2D eigenvalue weighted by Crippen LogP contribution is 2.40. The first kappa shape index (κ1) is 25.6. The Bertz CT molecular complexity index is 1250. The van der Waals surface area contributed by atoms with Crippen LogP contribution in [0.1, 0.15) is 5.56 Å². The minimum Gasteiger partial charge on any atom is -0.744 e. The molecule has 0 amide bonds. The first-order chi connectivity index (χ1) is 15.7. The maximum Gasteiger partial charge on any atom is 0.185 e. The van der Waals surface area contributed by atoms with E-state index in [1.165, 1.54) is 12.1 Å². The first-order valence-corrected chi connectivity index (χ1v) is 13.5. The third-order valence-corrected chi connectivity index (χ3v) is 9.24. The van der Waals surface area contributed by atoms with Crippen LogP contribution in [0.4, 0.5) is 0 Å². The second-order valence-electron chi connectivity index (χ2n) is 6.82. The lowest BCUT2D eigenvalue weighted by atomic mass is 10.2. The van der Waals surface area contributed by atoms with Crippen LogP contribution in [0.25, 0.3) is 0 Å². The molecule has 3 nitrogen and oxygen atoms in total. The van der Waals surface area contributed by atoms with Crippen LogP contribution in [-0.4, -0.2) is 13.0 Å². The fourth-order valence-corrected chi connectivity index (χ4v) is 6.98. The Kier molecular flexibility index (Phi) is 8.88. The van der Waals surface area contributed by atoms with Gasteiger partial charge < -0.3 is 4.55 Å². The predicted octanol–water partition coefficient (Wildman–Crippen LogP) is 7.64. The summed E-state index contributed by atoms with van der Waals surface area (Å²) in [6, 6.07) is 29.6. The van der Waals surface area contributed by atoms with E-state index in [-0.39, 0.29) is 4.90 Å². The molecule has 0 bridgehead atoms. The van der Waals surface area contributed by atoms with Crippen molar-refractivity contribution < 1.29 is 13.0 Å². The maximum absolute atomic E-state index is 10.5. The highest BCUT2D eigenvalue weighted by molar-refractivity contribution is 7.97. The second kappa shape index (κ2) is 11.4. The standard InChI is InChI=1S/C18H12Cl3S.C7H8O3S/c19-13-7-1-4-10-16(13)22(17-11-5-2-8-14(17)20)18-12-6-3-9-15(18)21;1-6-4-2-3-5-7(6)11(8,9)10/h1-12H;2-5H,1H3,(H,8,9,10)/q+1;/p-1. The van der Waals surface area contributed by atoms with E-state index in [1.807, 2.05) is 72.8 Å². The van der Waals surface area contributed by atoms with Crippen LogP contribution in [0.3, 0.4) is 0 Å². The van der Waals surface area contributed by atoms with Gasteiger partial charge in [0.15, 0.2) is 14.7 Å². The van der Waals surface area contributed by atoms with Crippen molar-refractivity contribution in [1.82, 2.24) is 0 Å². The Labute approximate surface area is 212 Å². The molecule has 0 unspecified atom stereocenters. The first-order valence-electron chi connectivity index (χ1n) is 9.69. The summed E-state index contributed by atoms with van der Waals surface area (Å²) in [5, 5.41) is 2.14. The summed E-state index contributed by atoms with van der Waals surface area (Å²) in [7, 11) is -4.73. The highest BCUT2D eigenvalue weighted by Gasteiger charge is 2.34. The minimum atomic E-state index is -4.28. The van der Waals surface area contributed by atoms with Crippen LogP contribution in [0.15, 0.2) is 117 Å². The Morgan fingerprint density at radius 3 is 1.24 bits per heavy atom. The van der Waals surface area contributed by atoms with E-state index in [1.54, 1.807) is 19.1 Å². The summed E-state index contributed by atoms with van der Waals surface area (Å²) in [5.41, 5.74) is 0.488. The molecule has 0 aliphatic carbocycles. The molecule has 0 atom stereocenters. The number of aryl methyl sites for hydroxylation is 1. The van der Waals surface area contributed by atoms with Crippen LogP contribution in [0, 0.1) is 6.92 Å². The summed E-state index contributed by atoms with van der Waals surface area (Å²) < 4.78 is 31.5. The molecule has 4 aromatic carbocycles. The molecule has 0 aliphatic heterocycles. The van der Waals surface area contributed by atoms with Gasteiger partial charge in [0.2, 0.25) is 0 Å². The zero-order valence-corrected chi connectivity index (χ0v) is 21.3. The van der Waals surface area contributed by atoms with E-state index in [0.29, 0.717) is 20.6 Å². The lowest BCUT2D eigenvalue weighted by Crippen LogP contribution is -2.06. The minimum absolute atomic E-state index is 0.139. The summed E-state index contributed by atoms with van der Waals surface area (Å²) >= 11 is 19.3. The van der Waals surface area contributed by atoms with Crippen molar-refractivity contribution in [2.45, 2.75) is 26.5 Å². The molecule has 0 saturated carbocycles. The molecule has 0 heterocycles. The van der Waals surface area contributed by atoms with Gasteiger partial charge >= 0.3 is 0 Å². The van der Waals surface area contributed by atoms with Gasteiger partial charge in [-0.05, 0) is 55.0 Å². The fourth-order valence-electron chi connectivity index (χ4n) is 3.02. The molecule has 0 N–H and O–H groups in total. The second-order valence-corrected chi connectivity index (χ2v) is 11.3. The van der Waals surface area contributed by atoms with Crippen LogP contribution in [0.2, 0.25) is 15.1 Å². The van der Waals surface area contributed by atoms with Crippen LogP contribution in [-0.2, 0) is 21.0 Å². The Morgan fingerprint density at radius 2 is 0.939 bits per heavy atom. The highest BCUT2D eigenvalue weighted by atomic mass is 35.5. The molecule has 0 fully saturated rings. The molecular formula is C25H19Cl3O3S2. The van der Waals surface area contributed by atoms with Gasteiger partial charge in [-0.15, -0.1) is 0 Å². The smallest absolute Gasteiger partial charge is 0.185 e. The molecule has 33 heavy (non-hydrogen) atoms. The molecule has 8 heteroatoms. The number of halogens is 3. The van der Waals surface area contributed by atoms with Crippen molar-refractivity contribution in [1.29, 1.82) is 0 Å². The van der Waals surface area contributed by atoms with Gasteiger partial charge in [0.05, 0.1) is 20.0 Å². The van der Waals surface area contributed by atoms with Gasteiger partial charge in [-0.25, -0.2) is 8.42 Å². The number of rotatable bonds is 4. The maximum atomic E-state index is 10.5. The van der Waals surface area contributed by atoms with E-state index in [2.05, 4.69) is 0 Å². The quantitative estimate of drug-likeness (QED) is 0.198. The third-order valence-electron chi connectivity index (χ3n) is 4.53. The molecule has 0 aromatic heterocycles. The van der Waals surface area contributed by atoms with Crippen molar-refractivity contribution in [2.75, 3.05) is 0 Å². The van der Waals surface area contributed by atoms with E-state index >= 15 is 0 Å². The van der Waals surface area contributed by atoms with E-state index < -0.39 is 21.0 Å². The Hall–Kier alpha value is -1.99. The Balaban J connectivity index is 0.000000235. The summed E-state index contributed by atoms with van der Waals surface area (Å²) in [6.45, 7) is 1.59. The van der Waals surface area contributed by atoms with Gasteiger partial charge in [0, 0.05) is 0 Å². The summed E-state index contributed by atoms with van der Waals surface area (Å²) in [4.78, 5) is 2.92. The van der Waals surface area contributed by atoms with Crippen LogP contribution >= 0.6 is 34.8 Å². The molecule has 4 rings (SSSR count). The normalized spacial score (nSPS) is 11.1. The Morgan fingerprint density at radius 1 is 0.606 bits per heavy atom. The zero-order chi connectivity index (χ0) is 24.0. The van der Waals surface area contributed by atoms with Gasteiger partial charge in [-0.3, -0.25) is 0 Å². The summed E-state index contributed by atoms with van der Waals surface area (Å²) in [5.74, 6) is 0. The average molecular weight is 538 g/mol. The largest absolute Gasteiger partial charge is 0.744 e. The zero-order valence-electron chi connectivity index (χ0n) is 17.4. The molecule has 170 valence electrons. The monoisotopic (exact) mass is 536 g/mol. The fraction of sp³-hybridized carbons (Fsp3) is 0.0400. The number of benzene rings is 4. The van der Waals surface area contributed by atoms with Crippen molar-refractivity contribution in [3.8, 4) is 0 Å². The van der Waals surface area contributed by atoms with Gasteiger partial charge in [0.1, 0.15) is 21.0 Å². The molecule has 0 saturated heterocycles. The number of hydrogen-bond donors (Lipinski definition) is 0. The molecule has 0 spiro atoms. The number of hydrogen-bond acceptors (Lipinski definition) is 3. The van der Waals surface area contributed by atoms with Crippen LogP contribution < -0.4 is 0 Å². The van der Waals surface area contributed by atoms with Crippen molar-refractivity contribution in [2.24, 2.45) is 0 Å². The lowest BCUT2D eigenvalue weighted by Gasteiger charge is -2.11. The van der Waals surface area contributed by atoms with E-state index in [0.717, 1.165) is 14.7 Å². The van der Waals surface area contributed by atoms with Crippen molar-refractivity contribution in [3.05, 3.63) is 118 Å². The third kappa shape index (κ3) is 6.54. The molecular weight excluding hydrogens is 519 g/mol. The topological polar surface area (TPSA) is 57.2 Å². The molecule has 0 radical (unpaired) electrons. The summed E-state index contributed by atoms with van der Waals surface area (Å²) in [6.07, 6.45) is 0. The SMILES string of the molecule is Cc1ccccc1S(=O)(=O)[O-].Clc1ccccc1[S+](c1ccccc1Cl)c1ccccc1Cl. The van der Waals surface area contributed by atoms with Gasteiger partial charge in [-0.1, -0.05) is 89.4 Å². The van der Waals surface area contributed by atoms with Gasteiger partial charge in [0.25, 0.3) is 0 Å². The van der Waals surface area contributed by atoms with Gasteiger partial charge in [-0.2, -0.15) is 0 Å².